The minimum atomic E-state index is -0.455. The summed E-state index contributed by atoms with van der Waals surface area (Å²) in [6.45, 7) is 0. The molecule has 0 spiro atoms. The van der Waals surface area contributed by atoms with Crippen LogP contribution in [0.1, 0.15) is 10.4 Å². The van der Waals surface area contributed by atoms with Gasteiger partial charge in [-0.15, -0.1) is 11.8 Å². The van der Waals surface area contributed by atoms with E-state index < -0.39 is 5.91 Å². The summed E-state index contributed by atoms with van der Waals surface area (Å²) < 4.78 is 12.9. The lowest BCUT2D eigenvalue weighted by molar-refractivity contribution is 0.0997. The Labute approximate surface area is 109 Å². The number of carbonyl (C=O) groups excluding carboxylic acids is 1. The number of rotatable bonds is 3. The average molecular weight is 261 g/mol. The normalized spacial score (nSPS) is 10.3. The molecule has 92 valence electrons. The molecule has 0 aliphatic rings. The Hall–Kier alpha value is -1.81. The molecule has 0 aromatic heterocycles. The summed E-state index contributed by atoms with van der Waals surface area (Å²) in [4.78, 5) is 12.2. The van der Waals surface area contributed by atoms with Gasteiger partial charge in [0.25, 0.3) is 0 Å². The van der Waals surface area contributed by atoms with Crippen LogP contribution >= 0.6 is 11.8 Å². The number of nitrogens with two attached hydrogens (primary N) is 1. The minimum Gasteiger partial charge on any atom is -0.366 e. The van der Waals surface area contributed by atoms with Crippen molar-refractivity contribution in [1.82, 2.24) is 0 Å². The first kappa shape index (κ1) is 12.6. The van der Waals surface area contributed by atoms with Gasteiger partial charge < -0.3 is 5.73 Å². The lowest BCUT2D eigenvalue weighted by Gasteiger charge is -2.11. The number of thioether (sulfide) groups is 1. The Morgan fingerprint density at radius 1 is 1.17 bits per heavy atom. The van der Waals surface area contributed by atoms with E-state index in [2.05, 4.69) is 0 Å². The number of hydrogen-bond acceptors (Lipinski definition) is 2. The summed E-state index contributed by atoms with van der Waals surface area (Å²) in [5.74, 6) is -0.737. The highest BCUT2D eigenvalue weighted by Gasteiger charge is 2.12. The molecule has 2 aromatic rings. The topological polar surface area (TPSA) is 43.1 Å². The predicted octanol–water partition coefficient (Wildman–Crippen LogP) is 3.31. The fraction of sp³-hybridized carbons (Fsp3) is 0.0714. The lowest BCUT2D eigenvalue weighted by atomic mass is 10.0. The molecule has 0 atom stereocenters. The Balaban J connectivity index is 2.60. The van der Waals surface area contributed by atoms with Crippen molar-refractivity contribution in [3.05, 3.63) is 53.8 Å². The van der Waals surface area contributed by atoms with Gasteiger partial charge >= 0.3 is 0 Å². The zero-order valence-electron chi connectivity index (χ0n) is 9.81. The van der Waals surface area contributed by atoms with Crippen molar-refractivity contribution in [2.75, 3.05) is 6.26 Å². The quantitative estimate of drug-likeness (QED) is 0.861. The maximum Gasteiger partial charge on any atom is 0.249 e. The van der Waals surface area contributed by atoms with Crippen LogP contribution in [0.4, 0.5) is 4.39 Å². The maximum atomic E-state index is 12.9. The van der Waals surface area contributed by atoms with E-state index in [-0.39, 0.29) is 5.82 Å². The van der Waals surface area contributed by atoms with E-state index in [0.29, 0.717) is 5.56 Å². The molecule has 0 radical (unpaired) electrons. The number of hydrogen-bond donors (Lipinski definition) is 1. The van der Waals surface area contributed by atoms with Crippen molar-refractivity contribution in [1.29, 1.82) is 0 Å². The highest BCUT2D eigenvalue weighted by atomic mass is 32.2. The molecule has 0 heterocycles. The molecule has 0 aliphatic heterocycles. The molecule has 2 rings (SSSR count). The van der Waals surface area contributed by atoms with Gasteiger partial charge in [0.2, 0.25) is 5.91 Å². The summed E-state index contributed by atoms with van der Waals surface area (Å²) in [5.41, 5.74) is 7.59. The Kier molecular flexibility index (Phi) is 3.67. The van der Waals surface area contributed by atoms with Crippen molar-refractivity contribution in [3.63, 3.8) is 0 Å². The molecule has 0 saturated heterocycles. The Morgan fingerprint density at radius 3 is 2.39 bits per heavy atom. The number of benzene rings is 2. The van der Waals surface area contributed by atoms with Gasteiger partial charge in [-0.3, -0.25) is 4.79 Å². The molecular formula is C14H12FNOS. The van der Waals surface area contributed by atoms with Crippen molar-refractivity contribution in [2.24, 2.45) is 5.73 Å². The fourth-order valence-corrected chi connectivity index (χ4v) is 2.60. The molecule has 2 aromatic carbocycles. The molecule has 0 saturated carbocycles. The van der Waals surface area contributed by atoms with Crippen LogP contribution in [0.5, 0.6) is 0 Å². The number of primary amides is 1. The van der Waals surface area contributed by atoms with Crippen LogP contribution in [0.15, 0.2) is 47.4 Å². The Morgan fingerprint density at radius 2 is 1.83 bits per heavy atom. The molecule has 18 heavy (non-hydrogen) atoms. The smallest absolute Gasteiger partial charge is 0.249 e. The van der Waals surface area contributed by atoms with Gasteiger partial charge in [0.1, 0.15) is 5.82 Å². The van der Waals surface area contributed by atoms with Gasteiger partial charge in [-0.2, -0.15) is 0 Å². The highest BCUT2D eigenvalue weighted by Crippen LogP contribution is 2.33. The van der Waals surface area contributed by atoms with Crippen molar-refractivity contribution in [2.45, 2.75) is 4.90 Å². The summed E-state index contributed by atoms with van der Waals surface area (Å²) in [6.07, 6.45) is 1.88. The maximum absolute atomic E-state index is 12.9. The molecule has 0 fully saturated rings. The molecule has 0 bridgehead atoms. The molecule has 1 amide bonds. The van der Waals surface area contributed by atoms with E-state index in [1.54, 1.807) is 24.3 Å². The molecule has 0 aliphatic carbocycles. The zero-order chi connectivity index (χ0) is 13.1. The lowest BCUT2D eigenvalue weighted by Crippen LogP contribution is -2.12. The van der Waals surface area contributed by atoms with Gasteiger partial charge in [-0.25, -0.2) is 4.39 Å². The molecule has 2 nitrogen and oxygen atoms in total. The highest BCUT2D eigenvalue weighted by molar-refractivity contribution is 7.98. The van der Waals surface area contributed by atoms with Crippen LogP contribution in [-0.4, -0.2) is 12.2 Å². The van der Waals surface area contributed by atoms with Crippen LogP contribution < -0.4 is 5.73 Å². The summed E-state index contributed by atoms with van der Waals surface area (Å²) in [7, 11) is 0. The standard InChI is InChI=1S/C14H12FNOS/c1-18-13-11(3-2-4-12(13)14(16)17)9-5-7-10(15)8-6-9/h2-8H,1H3,(H2,16,17). The van der Waals surface area contributed by atoms with Crippen molar-refractivity contribution < 1.29 is 9.18 Å². The molecule has 0 unspecified atom stereocenters. The second kappa shape index (κ2) is 5.23. The van der Waals surface area contributed by atoms with E-state index in [1.807, 2.05) is 12.3 Å². The second-order valence-electron chi connectivity index (χ2n) is 3.76. The van der Waals surface area contributed by atoms with Gasteiger partial charge in [-0.05, 0) is 35.6 Å². The van der Waals surface area contributed by atoms with E-state index in [1.165, 1.54) is 23.9 Å². The van der Waals surface area contributed by atoms with Crippen LogP contribution in [0.3, 0.4) is 0 Å². The van der Waals surface area contributed by atoms with Crippen molar-refractivity contribution >= 4 is 17.7 Å². The van der Waals surface area contributed by atoms with Crippen LogP contribution in [0.2, 0.25) is 0 Å². The number of amides is 1. The predicted molar refractivity (Wildman–Crippen MR) is 72.1 cm³/mol. The first-order chi connectivity index (χ1) is 8.63. The van der Waals surface area contributed by atoms with Gasteiger partial charge in [0, 0.05) is 4.90 Å². The van der Waals surface area contributed by atoms with Gasteiger partial charge in [0.15, 0.2) is 0 Å². The van der Waals surface area contributed by atoms with Gasteiger partial charge in [0.05, 0.1) is 5.56 Å². The third kappa shape index (κ3) is 2.38. The van der Waals surface area contributed by atoms with Gasteiger partial charge in [-0.1, -0.05) is 24.3 Å². The van der Waals surface area contributed by atoms with Crippen LogP contribution in [-0.2, 0) is 0 Å². The molecular weight excluding hydrogens is 249 g/mol. The summed E-state index contributed by atoms with van der Waals surface area (Å²) in [6, 6.07) is 11.5. The largest absolute Gasteiger partial charge is 0.366 e. The third-order valence-corrected chi connectivity index (χ3v) is 3.49. The van der Waals surface area contributed by atoms with E-state index in [4.69, 9.17) is 5.73 Å². The second-order valence-corrected chi connectivity index (χ2v) is 4.57. The van der Waals surface area contributed by atoms with Crippen LogP contribution in [0, 0.1) is 5.82 Å². The SMILES string of the molecule is CSc1c(C(N)=O)cccc1-c1ccc(F)cc1. The average Bonchev–Trinajstić information content (AvgIpc) is 2.38. The monoisotopic (exact) mass is 261 g/mol. The third-order valence-electron chi connectivity index (χ3n) is 2.64. The minimum absolute atomic E-state index is 0.282. The number of halogens is 1. The first-order valence-electron chi connectivity index (χ1n) is 5.36. The summed E-state index contributed by atoms with van der Waals surface area (Å²) in [5, 5.41) is 0. The Bertz CT molecular complexity index is 581. The zero-order valence-corrected chi connectivity index (χ0v) is 10.6. The van der Waals surface area contributed by atoms with E-state index >= 15 is 0 Å². The van der Waals surface area contributed by atoms with E-state index in [0.717, 1.165) is 16.0 Å². The summed E-state index contributed by atoms with van der Waals surface area (Å²) >= 11 is 1.45. The van der Waals surface area contributed by atoms with E-state index in [9.17, 15) is 9.18 Å². The van der Waals surface area contributed by atoms with Crippen LogP contribution in [0.25, 0.3) is 11.1 Å². The van der Waals surface area contributed by atoms with Crippen molar-refractivity contribution in [3.8, 4) is 11.1 Å². The molecule has 4 heteroatoms. The molecule has 2 N–H and O–H groups in total. The fourth-order valence-electron chi connectivity index (χ4n) is 1.81. The number of carbonyl (C=O) groups is 1. The first-order valence-corrected chi connectivity index (χ1v) is 6.58.